The molecule has 1 aromatic carbocycles. The normalized spacial score (nSPS) is 26.5. The molecule has 0 bridgehead atoms. The van der Waals surface area contributed by atoms with Gasteiger partial charge in [-0.05, 0) is 56.0 Å². The van der Waals surface area contributed by atoms with Gasteiger partial charge in [0, 0.05) is 4.88 Å². The third kappa shape index (κ3) is 3.95. The van der Waals surface area contributed by atoms with Crippen LogP contribution in [-0.2, 0) is 19.1 Å². The number of carbonyl (C=O) groups excluding carboxylic acids is 3. The first-order valence-electron chi connectivity index (χ1n) is 11.6. The minimum absolute atomic E-state index is 0.209. The maximum absolute atomic E-state index is 13.8. The van der Waals surface area contributed by atoms with Crippen LogP contribution in [0.3, 0.4) is 0 Å². The molecule has 7 nitrogen and oxygen atoms in total. The van der Waals surface area contributed by atoms with Crippen molar-refractivity contribution in [3.63, 3.8) is 0 Å². The average Bonchev–Trinajstić information content (AvgIpc) is 3.51. The Morgan fingerprint density at radius 2 is 1.85 bits per heavy atom. The van der Waals surface area contributed by atoms with Crippen molar-refractivity contribution in [2.24, 2.45) is 11.8 Å². The summed E-state index contributed by atoms with van der Waals surface area (Å²) in [4.78, 5) is 43.1. The second-order valence-electron chi connectivity index (χ2n) is 8.38. The Balaban J connectivity index is 1.78. The number of nitrogens with zero attached hydrogens (tertiary/aromatic N) is 1. The van der Waals surface area contributed by atoms with Crippen LogP contribution in [0.25, 0.3) is 0 Å². The molecule has 0 unspecified atom stereocenters. The Kier molecular flexibility index (Phi) is 6.86. The van der Waals surface area contributed by atoms with E-state index in [2.05, 4.69) is 5.32 Å². The molecule has 33 heavy (non-hydrogen) atoms. The highest BCUT2D eigenvalue weighted by molar-refractivity contribution is 7.10. The molecule has 2 saturated heterocycles. The molecular weight excluding hydrogens is 440 g/mol. The van der Waals surface area contributed by atoms with Crippen LogP contribution in [0.5, 0.6) is 5.75 Å². The van der Waals surface area contributed by atoms with Crippen molar-refractivity contribution in [2.75, 3.05) is 18.1 Å². The van der Waals surface area contributed by atoms with Gasteiger partial charge in [-0.25, -0.2) is 4.90 Å². The molecule has 3 heterocycles. The number of esters is 1. The van der Waals surface area contributed by atoms with Crippen LogP contribution >= 0.6 is 11.3 Å². The minimum Gasteiger partial charge on any atom is -0.494 e. The molecule has 4 rings (SSSR count). The number of carbonyl (C=O) groups is 3. The molecule has 0 aliphatic carbocycles. The summed E-state index contributed by atoms with van der Waals surface area (Å²) in [6.45, 7) is 6.42. The zero-order valence-corrected chi connectivity index (χ0v) is 20.0. The highest BCUT2D eigenvalue weighted by Crippen LogP contribution is 2.52. The second kappa shape index (κ2) is 9.65. The van der Waals surface area contributed by atoms with E-state index in [0.29, 0.717) is 24.5 Å². The van der Waals surface area contributed by atoms with E-state index in [1.165, 1.54) is 16.2 Å². The molecular formula is C25H30N2O5S. The number of fused-ring (bicyclic) bond motifs is 1. The molecule has 2 amide bonds. The van der Waals surface area contributed by atoms with Gasteiger partial charge in [-0.15, -0.1) is 11.3 Å². The number of anilines is 1. The van der Waals surface area contributed by atoms with E-state index in [-0.39, 0.29) is 18.4 Å². The zero-order valence-electron chi connectivity index (χ0n) is 19.2. The lowest BCUT2D eigenvalue weighted by Crippen LogP contribution is -2.56. The summed E-state index contributed by atoms with van der Waals surface area (Å²) in [6.07, 6.45) is 2.02. The van der Waals surface area contributed by atoms with Gasteiger partial charge in [0.2, 0.25) is 11.8 Å². The second-order valence-corrected chi connectivity index (χ2v) is 9.35. The Morgan fingerprint density at radius 3 is 2.45 bits per heavy atom. The zero-order chi connectivity index (χ0) is 23.6. The van der Waals surface area contributed by atoms with E-state index in [1.807, 2.05) is 31.4 Å². The van der Waals surface area contributed by atoms with Gasteiger partial charge in [0.1, 0.15) is 11.3 Å². The summed E-state index contributed by atoms with van der Waals surface area (Å²) in [6, 6.07) is 10.4. The van der Waals surface area contributed by atoms with Crippen molar-refractivity contribution in [1.29, 1.82) is 0 Å². The highest BCUT2D eigenvalue weighted by Gasteiger charge is 2.68. The van der Waals surface area contributed by atoms with Crippen LogP contribution < -0.4 is 15.0 Å². The van der Waals surface area contributed by atoms with Crippen LogP contribution in [0.2, 0.25) is 0 Å². The van der Waals surface area contributed by atoms with Crippen molar-refractivity contribution in [3.8, 4) is 5.75 Å². The van der Waals surface area contributed by atoms with Gasteiger partial charge in [0.25, 0.3) is 0 Å². The monoisotopic (exact) mass is 470 g/mol. The van der Waals surface area contributed by atoms with Gasteiger partial charge >= 0.3 is 5.97 Å². The standard InChI is InChI=1S/C25H30N2O5S/c1-4-7-14-25(24(30)32-6-3)20-19(21(26-25)18-9-8-15-33-18)22(28)27(23(20)29)16-10-12-17(13-11-16)31-5-2/h8-13,15,19-21,26H,4-7,14H2,1-3H3/t19-,20-,21-,25+/m1/s1. The largest absolute Gasteiger partial charge is 0.494 e. The number of ether oxygens (including phenoxy) is 2. The molecule has 0 spiro atoms. The Morgan fingerprint density at radius 1 is 1.09 bits per heavy atom. The highest BCUT2D eigenvalue weighted by atomic mass is 32.1. The molecule has 2 aliphatic rings. The van der Waals surface area contributed by atoms with Crippen LogP contribution in [0, 0.1) is 11.8 Å². The quantitative estimate of drug-likeness (QED) is 0.439. The number of thiophene rings is 1. The smallest absolute Gasteiger partial charge is 0.327 e. The van der Waals surface area contributed by atoms with Gasteiger partial charge in [0.05, 0.1) is 36.8 Å². The van der Waals surface area contributed by atoms with Gasteiger partial charge in [-0.3, -0.25) is 19.7 Å². The Bertz CT molecular complexity index is 1010. The molecule has 176 valence electrons. The molecule has 2 fully saturated rings. The fourth-order valence-corrected chi connectivity index (χ4v) is 5.89. The first kappa shape index (κ1) is 23.4. The molecule has 0 radical (unpaired) electrons. The summed E-state index contributed by atoms with van der Waals surface area (Å²) in [5.74, 6) is -1.93. The van der Waals surface area contributed by atoms with Crippen molar-refractivity contribution in [3.05, 3.63) is 46.7 Å². The third-order valence-corrected chi connectivity index (χ3v) is 7.43. The maximum Gasteiger partial charge on any atom is 0.327 e. The van der Waals surface area contributed by atoms with Gasteiger partial charge in [-0.2, -0.15) is 0 Å². The summed E-state index contributed by atoms with van der Waals surface area (Å²) < 4.78 is 11.0. The van der Waals surface area contributed by atoms with Crippen LogP contribution in [-0.4, -0.2) is 36.5 Å². The van der Waals surface area contributed by atoms with Gasteiger partial charge in [0.15, 0.2) is 0 Å². The fraction of sp³-hybridized carbons (Fsp3) is 0.480. The lowest BCUT2D eigenvalue weighted by atomic mass is 9.77. The van der Waals surface area contributed by atoms with Crippen molar-refractivity contribution in [1.82, 2.24) is 5.32 Å². The Labute approximate surface area is 198 Å². The van der Waals surface area contributed by atoms with E-state index < -0.39 is 29.4 Å². The third-order valence-electron chi connectivity index (χ3n) is 6.47. The van der Waals surface area contributed by atoms with E-state index in [9.17, 15) is 14.4 Å². The first-order valence-corrected chi connectivity index (χ1v) is 12.4. The molecule has 0 saturated carbocycles. The van der Waals surface area contributed by atoms with E-state index >= 15 is 0 Å². The molecule has 1 aromatic heterocycles. The number of hydrogen-bond acceptors (Lipinski definition) is 7. The van der Waals surface area contributed by atoms with Gasteiger partial charge in [-0.1, -0.05) is 25.8 Å². The lowest BCUT2D eigenvalue weighted by molar-refractivity contribution is -0.155. The van der Waals surface area contributed by atoms with E-state index in [1.54, 1.807) is 31.2 Å². The lowest BCUT2D eigenvalue weighted by Gasteiger charge is -2.32. The molecule has 4 atom stereocenters. The van der Waals surface area contributed by atoms with Crippen LogP contribution in [0.1, 0.15) is 51.0 Å². The molecule has 8 heteroatoms. The van der Waals surface area contributed by atoms with E-state index in [4.69, 9.17) is 9.47 Å². The predicted octanol–water partition coefficient (Wildman–Crippen LogP) is 4.09. The fourth-order valence-electron chi connectivity index (χ4n) is 5.06. The van der Waals surface area contributed by atoms with Gasteiger partial charge < -0.3 is 9.47 Å². The summed E-state index contributed by atoms with van der Waals surface area (Å²) in [7, 11) is 0. The SMILES string of the molecule is CCCC[C@]1(C(=O)OCC)N[C@H](c2cccs2)[C@@H]2C(=O)N(c3ccc(OCC)cc3)C(=O)[C@@H]21. The summed E-state index contributed by atoms with van der Waals surface area (Å²) in [5.41, 5.74) is -0.751. The number of benzene rings is 1. The predicted molar refractivity (Wildman–Crippen MR) is 126 cm³/mol. The summed E-state index contributed by atoms with van der Waals surface area (Å²) in [5, 5.41) is 5.37. The van der Waals surface area contributed by atoms with Crippen molar-refractivity contribution < 1.29 is 23.9 Å². The first-order chi connectivity index (χ1) is 16.0. The molecule has 2 aliphatic heterocycles. The average molecular weight is 471 g/mol. The molecule has 2 aromatic rings. The number of nitrogens with one attached hydrogen (secondary N) is 1. The maximum atomic E-state index is 13.8. The molecule has 1 N–H and O–H groups in total. The van der Waals surface area contributed by atoms with Crippen LogP contribution in [0.15, 0.2) is 41.8 Å². The number of imide groups is 1. The topological polar surface area (TPSA) is 84.9 Å². The van der Waals surface area contributed by atoms with Crippen molar-refractivity contribution in [2.45, 2.75) is 51.6 Å². The Hall–Kier alpha value is -2.71. The summed E-state index contributed by atoms with van der Waals surface area (Å²) >= 11 is 1.51. The number of hydrogen-bond donors (Lipinski definition) is 1. The van der Waals surface area contributed by atoms with Crippen LogP contribution in [0.4, 0.5) is 5.69 Å². The van der Waals surface area contributed by atoms with Crippen molar-refractivity contribution >= 4 is 34.8 Å². The minimum atomic E-state index is -1.24. The number of rotatable bonds is 9. The number of amides is 2. The number of unbranched alkanes of at least 4 members (excludes halogenated alkanes) is 1. The van der Waals surface area contributed by atoms with E-state index in [0.717, 1.165) is 17.7 Å².